The number of hydrogen-bond acceptors (Lipinski definition) is 5. The molecule has 0 saturated heterocycles. The molecule has 1 aromatic rings. The monoisotopic (exact) mass is 284 g/mol. The lowest BCUT2D eigenvalue weighted by molar-refractivity contribution is -0.384. The zero-order valence-electron chi connectivity index (χ0n) is 9.75. The molecule has 0 aliphatic rings. The molecular formula is C10H12N4O4S. The van der Waals surface area contributed by atoms with Gasteiger partial charge in [0, 0.05) is 18.7 Å². The number of carbonyl (C=O) groups excluding carboxylic acids is 1. The molecule has 0 aliphatic carbocycles. The second-order valence-corrected chi connectivity index (χ2v) is 3.85. The fraction of sp³-hybridized carbons (Fsp3) is 0.200. The van der Waals surface area contributed by atoms with E-state index in [4.69, 9.17) is 17.3 Å². The van der Waals surface area contributed by atoms with Gasteiger partial charge in [0.1, 0.15) is 6.61 Å². The van der Waals surface area contributed by atoms with Crippen molar-refractivity contribution >= 4 is 28.9 Å². The Labute approximate surface area is 113 Å². The molecule has 1 rings (SSSR count). The molecule has 0 aromatic heterocycles. The maximum Gasteiger partial charge on any atom is 0.269 e. The van der Waals surface area contributed by atoms with Crippen molar-refractivity contribution in [2.24, 2.45) is 0 Å². The summed E-state index contributed by atoms with van der Waals surface area (Å²) in [6.45, 7) is -0.295. The van der Waals surface area contributed by atoms with E-state index in [2.05, 4.69) is 16.2 Å². The number of nitro benzene ring substituents is 1. The Morgan fingerprint density at radius 3 is 2.47 bits per heavy atom. The number of nitro groups is 1. The molecule has 0 saturated carbocycles. The maximum atomic E-state index is 10.7. The number of aliphatic hydroxyl groups is 1. The summed E-state index contributed by atoms with van der Waals surface area (Å²) < 4.78 is 0. The van der Waals surface area contributed by atoms with Gasteiger partial charge in [0.15, 0.2) is 5.11 Å². The van der Waals surface area contributed by atoms with Gasteiger partial charge < -0.3 is 10.4 Å². The molecule has 0 spiro atoms. The summed E-state index contributed by atoms with van der Waals surface area (Å²) in [6.07, 6.45) is 0. The van der Waals surface area contributed by atoms with Gasteiger partial charge in [-0.05, 0) is 17.8 Å². The molecule has 1 aromatic carbocycles. The number of benzene rings is 1. The van der Waals surface area contributed by atoms with E-state index in [1.54, 1.807) is 12.1 Å². The number of carbonyl (C=O) groups is 1. The molecule has 0 radical (unpaired) electrons. The lowest BCUT2D eigenvalue weighted by Crippen LogP contribution is -2.47. The van der Waals surface area contributed by atoms with Crippen LogP contribution < -0.4 is 16.2 Å². The highest BCUT2D eigenvalue weighted by Crippen LogP contribution is 2.11. The third-order valence-corrected chi connectivity index (χ3v) is 2.31. The number of non-ortho nitro benzene ring substituents is 1. The van der Waals surface area contributed by atoms with Gasteiger partial charge in [-0.3, -0.25) is 25.8 Å². The fourth-order valence-electron chi connectivity index (χ4n) is 1.13. The number of thiocarbonyl (C=S) groups is 1. The summed E-state index contributed by atoms with van der Waals surface area (Å²) >= 11 is 4.86. The van der Waals surface area contributed by atoms with E-state index >= 15 is 0 Å². The minimum absolute atomic E-state index is 0.0136. The van der Waals surface area contributed by atoms with Gasteiger partial charge in [-0.25, -0.2) is 0 Å². The van der Waals surface area contributed by atoms with Gasteiger partial charge in [0.05, 0.1) is 4.92 Å². The van der Waals surface area contributed by atoms with E-state index in [1.807, 2.05) is 0 Å². The van der Waals surface area contributed by atoms with Crippen LogP contribution in [-0.2, 0) is 11.3 Å². The molecule has 0 bridgehead atoms. The van der Waals surface area contributed by atoms with Crippen LogP contribution >= 0.6 is 12.2 Å². The second kappa shape index (κ2) is 7.24. The number of nitrogens with zero attached hydrogens (tertiary/aromatic N) is 1. The van der Waals surface area contributed by atoms with Gasteiger partial charge in [0.25, 0.3) is 11.6 Å². The van der Waals surface area contributed by atoms with Crippen molar-refractivity contribution in [1.29, 1.82) is 0 Å². The van der Waals surface area contributed by atoms with Crippen LogP contribution in [-0.4, -0.2) is 27.7 Å². The van der Waals surface area contributed by atoms with Crippen molar-refractivity contribution < 1.29 is 14.8 Å². The first-order valence-corrected chi connectivity index (χ1v) is 5.60. The highest BCUT2D eigenvalue weighted by atomic mass is 32.1. The van der Waals surface area contributed by atoms with E-state index in [9.17, 15) is 14.9 Å². The molecule has 0 heterocycles. The summed E-state index contributed by atoms with van der Waals surface area (Å²) in [4.78, 5) is 20.7. The van der Waals surface area contributed by atoms with Gasteiger partial charge >= 0.3 is 0 Å². The van der Waals surface area contributed by atoms with Crippen LogP contribution in [0.25, 0.3) is 0 Å². The van der Waals surface area contributed by atoms with Crippen LogP contribution in [0, 0.1) is 10.1 Å². The minimum Gasteiger partial charge on any atom is -0.386 e. The second-order valence-electron chi connectivity index (χ2n) is 3.44. The highest BCUT2D eigenvalue weighted by Gasteiger charge is 2.04. The van der Waals surface area contributed by atoms with Crippen molar-refractivity contribution in [1.82, 2.24) is 16.2 Å². The SMILES string of the molecule is O=C(CO)NNC(=S)NCc1ccc([N+](=O)[O-])cc1. The molecule has 0 aliphatic heterocycles. The normalized spacial score (nSPS) is 9.53. The van der Waals surface area contributed by atoms with E-state index in [-0.39, 0.29) is 10.8 Å². The Hall–Kier alpha value is -2.26. The third kappa shape index (κ3) is 5.27. The predicted molar refractivity (Wildman–Crippen MR) is 70.9 cm³/mol. The number of rotatable bonds is 4. The summed E-state index contributed by atoms with van der Waals surface area (Å²) in [7, 11) is 0. The van der Waals surface area contributed by atoms with Gasteiger partial charge in [-0.2, -0.15) is 0 Å². The van der Waals surface area contributed by atoms with Crippen LogP contribution in [0.15, 0.2) is 24.3 Å². The fourth-order valence-corrected chi connectivity index (χ4v) is 1.25. The summed E-state index contributed by atoms with van der Waals surface area (Å²) in [5, 5.41) is 21.9. The standard InChI is InChI=1S/C10H12N4O4S/c15-6-9(16)12-13-10(19)11-5-7-1-3-8(4-2-7)14(17)18/h1-4,15H,5-6H2,(H,12,16)(H2,11,13,19). The summed E-state index contributed by atoms with van der Waals surface area (Å²) in [5.74, 6) is -0.612. The Kier molecular flexibility index (Phi) is 5.64. The van der Waals surface area contributed by atoms with Gasteiger partial charge in [-0.15, -0.1) is 0 Å². The van der Waals surface area contributed by atoms with Crippen molar-refractivity contribution in [3.05, 3.63) is 39.9 Å². The number of aliphatic hydroxyl groups excluding tert-OH is 1. The minimum atomic E-state index is -0.641. The van der Waals surface area contributed by atoms with Crippen LogP contribution in [0.2, 0.25) is 0 Å². The Bertz CT molecular complexity index is 477. The summed E-state index contributed by atoms with van der Waals surface area (Å²) in [6, 6.07) is 5.97. The summed E-state index contributed by atoms with van der Waals surface area (Å²) in [5.41, 5.74) is 5.35. The molecule has 19 heavy (non-hydrogen) atoms. The van der Waals surface area contributed by atoms with Crippen molar-refractivity contribution in [2.75, 3.05) is 6.61 Å². The highest BCUT2D eigenvalue weighted by molar-refractivity contribution is 7.80. The van der Waals surface area contributed by atoms with Crippen LogP contribution in [0.4, 0.5) is 5.69 Å². The number of hydrogen-bond donors (Lipinski definition) is 4. The molecule has 0 unspecified atom stereocenters. The lowest BCUT2D eigenvalue weighted by atomic mass is 10.2. The number of amides is 1. The number of hydrazine groups is 1. The van der Waals surface area contributed by atoms with Gasteiger partial charge in [0.2, 0.25) is 0 Å². The Morgan fingerprint density at radius 1 is 1.32 bits per heavy atom. The van der Waals surface area contributed by atoms with Crippen molar-refractivity contribution in [3.63, 3.8) is 0 Å². The van der Waals surface area contributed by atoms with Gasteiger partial charge in [-0.1, -0.05) is 12.1 Å². The Morgan fingerprint density at radius 2 is 1.95 bits per heavy atom. The van der Waals surface area contributed by atoms with Crippen LogP contribution in [0.5, 0.6) is 0 Å². The largest absolute Gasteiger partial charge is 0.386 e. The molecule has 4 N–H and O–H groups in total. The molecule has 8 nitrogen and oxygen atoms in total. The third-order valence-electron chi connectivity index (χ3n) is 2.06. The molecule has 9 heteroatoms. The average Bonchev–Trinajstić information content (AvgIpc) is 2.42. The van der Waals surface area contributed by atoms with E-state index < -0.39 is 17.4 Å². The maximum absolute atomic E-state index is 10.7. The molecule has 0 fully saturated rings. The number of nitrogens with one attached hydrogen (secondary N) is 3. The first-order chi connectivity index (χ1) is 9.02. The average molecular weight is 284 g/mol. The first-order valence-electron chi connectivity index (χ1n) is 5.20. The molecule has 1 amide bonds. The topological polar surface area (TPSA) is 117 Å². The van der Waals surface area contributed by atoms with Crippen LogP contribution in [0.3, 0.4) is 0 Å². The van der Waals surface area contributed by atoms with Crippen LogP contribution in [0.1, 0.15) is 5.56 Å². The lowest BCUT2D eigenvalue weighted by Gasteiger charge is -2.10. The van der Waals surface area contributed by atoms with E-state index in [0.717, 1.165) is 5.56 Å². The van der Waals surface area contributed by atoms with E-state index in [1.165, 1.54) is 12.1 Å². The Balaban J connectivity index is 2.37. The van der Waals surface area contributed by atoms with E-state index in [0.29, 0.717) is 6.54 Å². The smallest absolute Gasteiger partial charge is 0.269 e. The van der Waals surface area contributed by atoms with Crippen molar-refractivity contribution in [2.45, 2.75) is 6.54 Å². The zero-order chi connectivity index (χ0) is 14.3. The molecule has 102 valence electrons. The zero-order valence-corrected chi connectivity index (χ0v) is 10.6. The molecular weight excluding hydrogens is 272 g/mol. The molecule has 0 atom stereocenters. The first kappa shape index (κ1) is 14.8. The quantitative estimate of drug-likeness (QED) is 0.337. The van der Waals surface area contributed by atoms with Crippen molar-refractivity contribution in [3.8, 4) is 0 Å². The predicted octanol–water partition coefficient (Wildman–Crippen LogP) is -0.418.